The van der Waals surface area contributed by atoms with Gasteiger partial charge in [0.1, 0.15) is 17.8 Å². The van der Waals surface area contributed by atoms with Gasteiger partial charge in [-0.05, 0) is 25.7 Å². The molecule has 100 valence electrons. The first-order valence-electron chi connectivity index (χ1n) is 6.44. The molecule has 17 heavy (non-hydrogen) atoms. The summed E-state index contributed by atoms with van der Waals surface area (Å²) in [6.07, 6.45) is 2.13. The van der Waals surface area contributed by atoms with Crippen molar-refractivity contribution in [1.29, 1.82) is 0 Å². The van der Waals surface area contributed by atoms with Gasteiger partial charge in [-0.3, -0.25) is 0 Å². The normalized spacial score (nSPS) is 46.6. The fraction of sp³-hybridized carbons (Fsp3) is 1.00. The molecule has 2 rings (SSSR count). The Labute approximate surface area is 104 Å². The van der Waals surface area contributed by atoms with Gasteiger partial charge >= 0.3 is 0 Å². The molecule has 4 heteroatoms. The Morgan fingerprint density at radius 1 is 1.29 bits per heavy atom. The van der Waals surface area contributed by atoms with Gasteiger partial charge in [0.05, 0.1) is 12.7 Å². The van der Waals surface area contributed by atoms with Crippen molar-refractivity contribution in [2.45, 2.75) is 50.6 Å². The number of fused-ring (bicyclic) bond motifs is 2. The molecule has 0 spiro atoms. The van der Waals surface area contributed by atoms with E-state index in [2.05, 4.69) is 13.8 Å². The molecule has 2 aliphatic rings. The monoisotopic (exact) mass is 244 g/mol. The predicted molar refractivity (Wildman–Crippen MR) is 64.1 cm³/mol. The summed E-state index contributed by atoms with van der Waals surface area (Å²) in [7, 11) is 3.45. The molecule has 0 amide bonds. The van der Waals surface area contributed by atoms with Crippen LogP contribution in [-0.4, -0.2) is 51.3 Å². The first-order valence-corrected chi connectivity index (χ1v) is 6.44. The Bertz CT molecular complexity index is 258. The molecule has 2 bridgehead atoms. The van der Waals surface area contributed by atoms with Crippen molar-refractivity contribution < 1.29 is 18.9 Å². The van der Waals surface area contributed by atoms with E-state index in [0.29, 0.717) is 12.5 Å². The van der Waals surface area contributed by atoms with Crippen LogP contribution in [0.2, 0.25) is 0 Å². The van der Waals surface area contributed by atoms with Crippen LogP contribution in [0.5, 0.6) is 0 Å². The Balaban J connectivity index is 2.26. The minimum atomic E-state index is -0.340. The topological polar surface area (TPSA) is 36.9 Å². The molecule has 2 heterocycles. The zero-order valence-electron chi connectivity index (χ0n) is 11.3. The number of hydrogen-bond acceptors (Lipinski definition) is 4. The molecule has 5 unspecified atom stereocenters. The Morgan fingerprint density at radius 3 is 2.71 bits per heavy atom. The third-order valence-electron chi connectivity index (χ3n) is 3.96. The standard InChI is InChI=1S/C13H24O4/c1-9-5-6-16-11-10(2)17-13(7-9,8-14-3)12(11)15-4/h9-12H,5-8H2,1-4H3. The predicted octanol–water partition coefficient (Wildman–Crippen LogP) is 1.62. The second-order valence-corrected chi connectivity index (χ2v) is 5.41. The van der Waals surface area contributed by atoms with Crippen molar-refractivity contribution in [1.82, 2.24) is 0 Å². The summed E-state index contributed by atoms with van der Waals surface area (Å²) in [5.41, 5.74) is -0.340. The zero-order chi connectivity index (χ0) is 12.5. The van der Waals surface area contributed by atoms with E-state index in [1.165, 1.54) is 0 Å². The van der Waals surface area contributed by atoms with Gasteiger partial charge < -0.3 is 18.9 Å². The van der Waals surface area contributed by atoms with Crippen molar-refractivity contribution in [3.05, 3.63) is 0 Å². The van der Waals surface area contributed by atoms with E-state index in [-0.39, 0.29) is 23.9 Å². The lowest BCUT2D eigenvalue weighted by atomic mass is 9.84. The Hall–Kier alpha value is -0.160. The van der Waals surface area contributed by atoms with Gasteiger partial charge in [0.25, 0.3) is 0 Å². The average molecular weight is 244 g/mol. The maximum absolute atomic E-state index is 6.17. The van der Waals surface area contributed by atoms with Crippen molar-refractivity contribution in [3.63, 3.8) is 0 Å². The van der Waals surface area contributed by atoms with Gasteiger partial charge in [-0.25, -0.2) is 0 Å². The highest BCUT2D eigenvalue weighted by Gasteiger charge is 2.55. The molecule has 5 atom stereocenters. The van der Waals surface area contributed by atoms with Crippen molar-refractivity contribution in [2.75, 3.05) is 27.4 Å². The summed E-state index contributed by atoms with van der Waals surface area (Å²) >= 11 is 0. The quantitative estimate of drug-likeness (QED) is 0.756. The van der Waals surface area contributed by atoms with Crippen molar-refractivity contribution >= 4 is 0 Å². The van der Waals surface area contributed by atoms with Gasteiger partial charge in [-0.15, -0.1) is 0 Å². The largest absolute Gasteiger partial charge is 0.382 e. The second kappa shape index (κ2) is 5.22. The highest BCUT2D eigenvalue weighted by atomic mass is 16.6. The number of rotatable bonds is 3. The molecule has 2 saturated heterocycles. The summed E-state index contributed by atoms with van der Waals surface area (Å²) in [4.78, 5) is 0. The first kappa shape index (κ1) is 13.3. The van der Waals surface area contributed by atoms with Crippen LogP contribution < -0.4 is 0 Å². The van der Waals surface area contributed by atoms with Crippen LogP contribution in [0.1, 0.15) is 26.7 Å². The van der Waals surface area contributed by atoms with Crippen LogP contribution in [0.25, 0.3) is 0 Å². The molecule has 0 aromatic rings. The van der Waals surface area contributed by atoms with Crippen LogP contribution in [0.4, 0.5) is 0 Å². The van der Waals surface area contributed by atoms with E-state index in [0.717, 1.165) is 19.4 Å². The summed E-state index contributed by atoms with van der Waals surface area (Å²) < 4.78 is 23.1. The van der Waals surface area contributed by atoms with E-state index in [4.69, 9.17) is 18.9 Å². The molecule has 2 aliphatic heterocycles. The van der Waals surface area contributed by atoms with Gasteiger partial charge in [0.15, 0.2) is 0 Å². The fourth-order valence-electron chi connectivity index (χ4n) is 3.30. The van der Waals surface area contributed by atoms with E-state index in [1.54, 1.807) is 14.2 Å². The minimum absolute atomic E-state index is 0.0276. The molecule has 0 aromatic carbocycles. The lowest BCUT2D eigenvalue weighted by Crippen LogP contribution is -2.50. The molecular weight excluding hydrogens is 220 g/mol. The molecule has 0 radical (unpaired) electrons. The lowest BCUT2D eigenvalue weighted by Gasteiger charge is -2.37. The Morgan fingerprint density at radius 2 is 2.06 bits per heavy atom. The SMILES string of the molecule is COCC12CC(C)CCOC(C(C)O1)C2OC. The molecule has 0 N–H and O–H groups in total. The number of methoxy groups -OCH3 is 2. The average Bonchev–Trinajstić information content (AvgIpc) is 2.52. The van der Waals surface area contributed by atoms with Crippen LogP contribution in [0, 0.1) is 5.92 Å². The molecule has 4 nitrogen and oxygen atoms in total. The summed E-state index contributed by atoms with van der Waals surface area (Å²) in [5.74, 6) is 0.564. The smallest absolute Gasteiger partial charge is 0.121 e. The van der Waals surface area contributed by atoms with Gasteiger partial charge in [0.2, 0.25) is 0 Å². The van der Waals surface area contributed by atoms with Gasteiger partial charge in [-0.1, -0.05) is 6.92 Å². The van der Waals surface area contributed by atoms with E-state index in [9.17, 15) is 0 Å². The van der Waals surface area contributed by atoms with Crippen LogP contribution >= 0.6 is 0 Å². The minimum Gasteiger partial charge on any atom is -0.382 e. The molecular formula is C13H24O4. The maximum atomic E-state index is 6.17. The third-order valence-corrected chi connectivity index (χ3v) is 3.96. The molecule has 0 aromatic heterocycles. The number of hydrogen-bond donors (Lipinski definition) is 0. The summed E-state index contributed by atoms with van der Waals surface area (Å²) in [5, 5.41) is 0. The van der Waals surface area contributed by atoms with Crippen molar-refractivity contribution in [2.24, 2.45) is 5.92 Å². The molecule has 0 aliphatic carbocycles. The van der Waals surface area contributed by atoms with Crippen LogP contribution in [0.15, 0.2) is 0 Å². The second-order valence-electron chi connectivity index (χ2n) is 5.41. The van der Waals surface area contributed by atoms with Crippen LogP contribution in [-0.2, 0) is 18.9 Å². The molecule has 2 fully saturated rings. The highest BCUT2D eigenvalue weighted by Crippen LogP contribution is 2.41. The number of ether oxygens (including phenoxy) is 4. The van der Waals surface area contributed by atoms with E-state index in [1.807, 2.05) is 0 Å². The van der Waals surface area contributed by atoms with E-state index >= 15 is 0 Å². The first-order chi connectivity index (χ1) is 8.13. The van der Waals surface area contributed by atoms with Gasteiger partial charge in [-0.2, -0.15) is 0 Å². The van der Waals surface area contributed by atoms with Gasteiger partial charge in [0, 0.05) is 20.8 Å². The molecule has 0 saturated carbocycles. The fourth-order valence-corrected chi connectivity index (χ4v) is 3.30. The maximum Gasteiger partial charge on any atom is 0.121 e. The van der Waals surface area contributed by atoms with Crippen molar-refractivity contribution in [3.8, 4) is 0 Å². The zero-order valence-corrected chi connectivity index (χ0v) is 11.3. The summed E-state index contributed by atoms with van der Waals surface area (Å²) in [6.45, 7) is 5.66. The Kier molecular flexibility index (Phi) is 4.08. The van der Waals surface area contributed by atoms with E-state index < -0.39 is 0 Å². The summed E-state index contributed by atoms with van der Waals surface area (Å²) in [6, 6.07) is 0. The lowest BCUT2D eigenvalue weighted by molar-refractivity contribution is -0.142. The third kappa shape index (κ3) is 2.36. The highest BCUT2D eigenvalue weighted by molar-refractivity contribution is 5.04. The van der Waals surface area contributed by atoms with Crippen LogP contribution in [0.3, 0.4) is 0 Å².